The highest BCUT2D eigenvalue weighted by atomic mass is 35.5. The van der Waals surface area contributed by atoms with Gasteiger partial charge in [0.25, 0.3) is 11.3 Å². The molecule has 4 rings (SSSR count). The standard InChI is InChI=1S/C18H13ClN4O2/c19-14-8-4-5-9-15(14)25-11-13-10-16(24)23-18(20-13)21-17(22-23)12-6-2-1-3-7-12/h1-10H,11H2,(H,20,21,22). The molecule has 0 fully saturated rings. The largest absolute Gasteiger partial charge is 0.486 e. The van der Waals surface area contributed by atoms with E-state index in [1.807, 2.05) is 42.5 Å². The van der Waals surface area contributed by atoms with Crippen molar-refractivity contribution in [3.63, 3.8) is 0 Å². The summed E-state index contributed by atoms with van der Waals surface area (Å²) in [4.78, 5) is 21.1. The van der Waals surface area contributed by atoms with Crippen molar-refractivity contribution >= 4 is 17.4 Å². The van der Waals surface area contributed by atoms with Gasteiger partial charge in [0.1, 0.15) is 12.4 Å². The lowest BCUT2D eigenvalue weighted by molar-refractivity contribution is 0.301. The van der Waals surface area contributed by atoms with Crippen molar-refractivity contribution in [3.05, 3.63) is 81.7 Å². The molecule has 0 aliphatic rings. The zero-order valence-corrected chi connectivity index (χ0v) is 13.8. The number of H-pyrrole nitrogens is 1. The maximum Gasteiger partial charge on any atom is 0.274 e. The van der Waals surface area contributed by atoms with Crippen LogP contribution in [0.4, 0.5) is 0 Å². The summed E-state index contributed by atoms with van der Waals surface area (Å²) in [6.07, 6.45) is 0. The number of aromatic nitrogens is 4. The number of fused-ring (bicyclic) bond motifs is 1. The van der Waals surface area contributed by atoms with Crippen molar-refractivity contribution in [1.29, 1.82) is 0 Å². The number of halogens is 1. The van der Waals surface area contributed by atoms with Crippen LogP contribution in [-0.4, -0.2) is 19.6 Å². The molecule has 124 valence electrons. The monoisotopic (exact) mass is 352 g/mol. The summed E-state index contributed by atoms with van der Waals surface area (Å²) in [6, 6.07) is 18.1. The van der Waals surface area contributed by atoms with Gasteiger partial charge in [0.05, 0.1) is 10.7 Å². The minimum Gasteiger partial charge on any atom is -0.486 e. The molecule has 0 saturated heterocycles. The van der Waals surface area contributed by atoms with Crippen LogP contribution in [0.5, 0.6) is 5.75 Å². The molecule has 0 amide bonds. The molecule has 25 heavy (non-hydrogen) atoms. The minimum atomic E-state index is -0.252. The lowest BCUT2D eigenvalue weighted by Crippen LogP contribution is -2.16. The van der Waals surface area contributed by atoms with E-state index in [-0.39, 0.29) is 12.2 Å². The molecule has 4 aromatic rings. The van der Waals surface area contributed by atoms with E-state index in [0.29, 0.717) is 28.1 Å². The van der Waals surface area contributed by atoms with Gasteiger partial charge in [0, 0.05) is 11.6 Å². The Balaban J connectivity index is 1.65. The van der Waals surface area contributed by atoms with Gasteiger partial charge in [-0.05, 0) is 12.1 Å². The zero-order chi connectivity index (χ0) is 17.2. The van der Waals surface area contributed by atoms with E-state index in [0.717, 1.165) is 5.56 Å². The molecule has 0 aliphatic carbocycles. The number of aromatic amines is 1. The third-order valence-corrected chi connectivity index (χ3v) is 3.96. The van der Waals surface area contributed by atoms with Crippen LogP contribution in [0.15, 0.2) is 65.5 Å². The molecule has 2 aromatic heterocycles. The number of benzene rings is 2. The van der Waals surface area contributed by atoms with Gasteiger partial charge in [-0.3, -0.25) is 9.89 Å². The Morgan fingerprint density at radius 3 is 2.60 bits per heavy atom. The van der Waals surface area contributed by atoms with Crippen molar-refractivity contribution in [2.24, 2.45) is 0 Å². The zero-order valence-electron chi connectivity index (χ0n) is 13.0. The van der Waals surface area contributed by atoms with Crippen molar-refractivity contribution in [2.45, 2.75) is 6.61 Å². The SMILES string of the molecule is O=c1cc(COc2ccccc2Cl)nc2nc(-c3ccccc3)[nH]n12. The fourth-order valence-corrected chi connectivity index (χ4v) is 2.63. The second-order valence-corrected chi connectivity index (χ2v) is 5.79. The van der Waals surface area contributed by atoms with Gasteiger partial charge in [0.15, 0.2) is 5.82 Å². The van der Waals surface area contributed by atoms with E-state index >= 15 is 0 Å². The third kappa shape index (κ3) is 3.12. The molecule has 2 heterocycles. The van der Waals surface area contributed by atoms with Crippen molar-refractivity contribution in [2.75, 3.05) is 0 Å². The van der Waals surface area contributed by atoms with E-state index in [4.69, 9.17) is 16.3 Å². The first-order valence-corrected chi connectivity index (χ1v) is 8.00. The van der Waals surface area contributed by atoms with Crippen LogP contribution in [0.2, 0.25) is 5.02 Å². The van der Waals surface area contributed by atoms with E-state index in [1.165, 1.54) is 10.6 Å². The molecule has 2 aromatic carbocycles. The highest BCUT2D eigenvalue weighted by Crippen LogP contribution is 2.23. The van der Waals surface area contributed by atoms with Gasteiger partial charge in [-0.2, -0.15) is 9.50 Å². The molecule has 0 saturated carbocycles. The Morgan fingerprint density at radius 2 is 1.80 bits per heavy atom. The number of nitrogens with one attached hydrogen (secondary N) is 1. The fourth-order valence-electron chi connectivity index (χ4n) is 2.44. The molecule has 0 spiro atoms. The second kappa shape index (κ2) is 6.41. The summed E-state index contributed by atoms with van der Waals surface area (Å²) in [6.45, 7) is 0.128. The molecule has 0 aliphatic heterocycles. The number of hydrogen-bond donors (Lipinski definition) is 1. The fraction of sp³-hybridized carbons (Fsp3) is 0.0556. The highest BCUT2D eigenvalue weighted by Gasteiger charge is 2.10. The summed E-state index contributed by atoms with van der Waals surface area (Å²) in [5.74, 6) is 1.41. The highest BCUT2D eigenvalue weighted by molar-refractivity contribution is 6.32. The Morgan fingerprint density at radius 1 is 1.04 bits per heavy atom. The number of hydrogen-bond acceptors (Lipinski definition) is 4. The van der Waals surface area contributed by atoms with Gasteiger partial charge in [-0.15, -0.1) is 0 Å². The normalized spacial score (nSPS) is 10.9. The smallest absolute Gasteiger partial charge is 0.274 e. The van der Waals surface area contributed by atoms with Gasteiger partial charge in [-0.25, -0.2) is 4.98 Å². The Kier molecular flexibility index (Phi) is 3.95. The summed E-state index contributed by atoms with van der Waals surface area (Å²) in [5.41, 5.74) is 1.11. The summed E-state index contributed by atoms with van der Waals surface area (Å²) in [5, 5.41) is 3.46. The lowest BCUT2D eigenvalue weighted by Gasteiger charge is -2.06. The van der Waals surface area contributed by atoms with E-state index in [1.54, 1.807) is 12.1 Å². The molecule has 0 unspecified atom stereocenters. The van der Waals surface area contributed by atoms with Crippen LogP contribution in [0.3, 0.4) is 0 Å². The quantitative estimate of drug-likeness (QED) is 0.611. The van der Waals surface area contributed by atoms with Crippen molar-refractivity contribution in [1.82, 2.24) is 19.6 Å². The first-order valence-electron chi connectivity index (χ1n) is 7.62. The predicted molar refractivity (Wildman–Crippen MR) is 94.8 cm³/mol. The van der Waals surface area contributed by atoms with Crippen LogP contribution < -0.4 is 10.3 Å². The molecular weight excluding hydrogens is 340 g/mol. The maximum absolute atomic E-state index is 12.3. The van der Waals surface area contributed by atoms with Gasteiger partial charge >= 0.3 is 0 Å². The number of nitrogens with zero attached hydrogens (tertiary/aromatic N) is 3. The van der Waals surface area contributed by atoms with Gasteiger partial charge < -0.3 is 4.74 Å². The number of ether oxygens (including phenoxy) is 1. The van der Waals surface area contributed by atoms with Crippen LogP contribution >= 0.6 is 11.6 Å². The van der Waals surface area contributed by atoms with E-state index < -0.39 is 0 Å². The Hall–Kier alpha value is -3.12. The maximum atomic E-state index is 12.3. The lowest BCUT2D eigenvalue weighted by atomic mass is 10.2. The molecule has 7 heteroatoms. The molecule has 0 radical (unpaired) electrons. The first kappa shape index (κ1) is 15.4. The minimum absolute atomic E-state index is 0.128. The first-order chi connectivity index (χ1) is 12.2. The number of para-hydroxylation sites is 1. The molecule has 0 atom stereocenters. The molecule has 6 nitrogen and oxygen atoms in total. The van der Waals surface area contributed by atoms with Crippen LogP contribution in [0, 0.1) is 0 Å². The summed E-state index contributed by atoms with van der Waals surface area (Å²) >= 11 is 6.06. The Labute approximate surface area is 147 Å². The summed E-state index contributed by atoms with van der Waals surface area (Å²) < 4.78 is 6.94. The third-order valence-electron chi connectivity index (χ3n) is 3.64. The molecule has 1 N–H and O–H groups in total. The van der Waals surface area contributed by atoms with Crippen molar-refractivity contribution < 1.29 is 4.74 Å². The van der Waals surface area contributed by atoms with Crippen molar-refractivity contribution in [3.8, 4) is 17.1 Å². The topological polar surface area (TPSA) is 72.3 Å². The Bertz CT molecular complexity index is 1090. The predicted octanol–water partition coefficient (Wildman–Crippen LogP) is 3.32. The van der Waals surface area contributed by atoms with Gasteiger partial charge in [0.2, 0.25) is 0 Å². The van der Waals surface area contributed by atoms with Crippen LogP contribution in [-0.2, 0) is 6.61 Å². The number of rotatable bonds is 4. The van der Waals surface area contributed by atoms with Crippen LogP contribution in [0.1, 0.15) is 5.69 Å². The van der Waals surface area contributed by atoms with E-state index in [2.05, 4.69) is 15.1 Å². The molecular formula is C18H13ClN4O2. The second-order valence-electron chi connectivity index (χ2n) is 5.38. The molecule has 0 bridgehead atoms. The average Bonchev–Trinajstić information content (AvgIpc) is 3.07. The summed E-state index contributed by atoms with van der Waals surface area (Å²) in [7, 11) is 0. The average molecular weight is 353 g/mol. The van der Waals surface area contributed by atoms with Crippen LogP contribution in [0.25, 0.3) is 17.2 Å². The van der Waals surface area contributed by atoms with Gasteiger partial charge in [-0.1, -0.05) is 54.1 Å². The van der Waals surface area contributed by atoms with E-state index in [9.17, 15) is 4.79 Å².